The van der Waals surface area contributed by atoms with Crippen LogP contribution in [-0.4, -0.2) is 60.9 Å². The number of amidine groups is 2. The van der Waals surface area contributed by atoms with E-state index in [1.807, 2.05) is 73.4 Å². The quantitative estimate of drug-likeness (QED) is 0.260. The molecule has 0 bridgehead atoms. The minimum Gasteiger partial charge on any atom is -0.490 e. The van der Waals surface area contributed by atoms with Crippen molar-refractivity contribution < 1.29 is 14.3 Å². The molecule has 1 atom stereocenters. The molecular formula is C28H37N5O3. The number of benzene rings is 2. The molecular weight excluding hydrogens is 454 g/mol. The third-order valence-corrected chi connectivity index (χ3v) is 6.29. The van der Waals surface area contributed by atoms with Gasteiger partial charge in [-0.3, -0.25) is 10.8 Å². The number of hydrogen-bond acceptors (Lipinski definition) is 6. The third kappa shape index (κ3) is 7.34. The molecule has 1 aliphatic rings. The number of nitrogen functional groups attached to an aromatic ring is 1. The summed E-state index contributed by atoms with van der Waals surface area (Å²) in [5.41, 5.74) is 8.09. The maximum Gasteiger partial charge on any atom is 0.328 e. The van der Waals surface area contributed by atoms with Crippen molar-refractivity contribution in [3.63, 3.8) is 0 Å². The number of nitrogens with zero attached hydrogens (tertiary/aromatic N) is 2. The van der Waals surface area contributed by atoms with Crippen LogP contribution in [0.25, 0.3) is 6.08 Å². The highest BCUT2D eigenvalue weighted by Crippen LogP contribution is 2.25. The fraction of sp³-hybridized carbons (Fsp3) is 0.393. The van der Waals surface area contributed by atoms with E-state index in [-0.39, 0.29) is 17.9 Å². The molecule has 3 rings (SSSR count). The molecule has 0 aromatic heterocycles. The molecule has 36 heavy (non-hydrogen) atoms. The first-order valence-corrected chi connectivity index (χ1v) is 12.4. The number of carbonyl (C=O) groups excluding carboxylic acids is 1. The van der Waals surface area contributed by atoms with Gasteiger partial charge in [0.25, 0.3) is 0 Å². The van der Waals surface area contributed by atoms with E-state index < -0.39 is 6.04 Å². The molecule has 0 aliphatic carbocycles. The molecule has 192 valence electrons. The van der Waals surface area contributed by atoms with Gasteiger partial charge in [0.2, 0.25) is 0 Å². The highest BCUT2D eigenvalue weighted by atomic mass is 16.5. The molecule has 8 heteroatoms. The van der Waals surface area contributed by atoms with E-state index in [2.05, 4.69) is 4.90 Å². The maximum atomic E-state index is 12.5. The number of likely N-dealkylation sites (tertiary alicyclic amines) is 1. The van der Waals surface area contributed by atoms with Crippen molar-refractivity contribution in [3.8, 4) is 5.75 Å². The summed E-state index contributed by atoms with van der Waals surface area (Å²) in [4.78, 5) is 16.6. The second-order valence-corrected chi connectivity index (χ2v) is 8.91. The van der Waals surface area contributed by atoms with E-state index in [1.165, 1.54) is 0 Å². The molecule has 8 nitrogen and oxygen atoms in total. The largest absolute Gasteiger partial charge is 0.490 e. The van der Waals surface area contributed by atoms with Gasteiger partial charge in [0, 0.05) is 43.7 Å². The molecule has 1 saturated heterocycles. The monoisotopic (exact) mass is 491 g/mol. The predicted molar refractivity (Wildman–Crippen MR) is 145 cm³/mol. The summed E-state index contributed by atoms with van der Waals surface area (Å²) < 4.78 is 11.5. The Balaban J connectivity index is 1.70. The van der Waals surface area contributed by atoms with E-state index in [0.717, 1.165) is 42.9 Å². The van der Waals surface area contributed by atoms with Crippen LogP contribution in [0.5, 0.6) is 5.75 Å². The summed E-state index contributed by atoms with van der Waals surface area (Å²) in [5, 5.41) is 15.4. The SMILES string of the molecule is CCOC(=O)C(C)N(C/C=C/c1cccc(C(=N)N)c1)c1ccc(OC2CCN(C(C)=N)CC2)cc1. The summed E-state index contributed by atoms with van der Waals surface area (Å²) in [6.07, 6.45) is 5.85. The van der Waals surface area contributed by atoms with Gasteiger partial charge in [0.05, 0.1) is 12.4 Å². The first kappa shape index (κ1) is 26.8. The molecule has 4 N–H and O–H groups in total. The van der Waals surface area contributed by atoms with Gasteiger partial charge in [-0.05, 0) is 56.7 Å². The Morgan fingerprint density at radius 3 is 2.50 bits per heavy atom. The Morgan fingerprint density at radius 1 is 1.19 bits per heavy atom. The zero-order valence-electron chi connectivity index (χ0n) is 21.4. The number of nitrogens with two attached hydrogens (primary N) is 1. The Labute approximate surface area is 213 Å². The van der Waals surface area contributed by atoms with Gasteiger partial charge >= 0.3 is 5.97 Å². The number of rotatable bonds is 10. The number of nitrogens with one attached hydrogen (secondary N) is 2. The normalized spacial score (nSPS) is 14.9. The van der Waals surface area contributed by atoms with Crippen LogP contribution in [0.3, 0.4) is 0 Å². The minimum absolute atomic E-state index is 0.0282. The Kier molecular flexibility index (Phi) is 9.50. The fourth-order valence-electron chi connectivity index (χ4n) is 4.21. The number of esters is 1. The van der Waals surface area contributed by atoms with Gasteiger partial charge in [-0.1, -0.05) is 30.4 Å². The number of anilines is 1. The Hall–Kier alpha value is -3.81. The molecule has 1 aliphatic heterocycles. The Morgan fingerprint density at radius 2 is 1.89 bits per heavy atom. The first-order valence-electron chi connectivity index (χ1n) is 12.4. The number of ether oxygens (including phenoxy) is 2. The van der Waals surface area contributed by atoms with Crippen LogP contribution in [0, 0.1) is 10.8 Å². The zero-order chi connectivity index (χ0) is 26.1. The second-order valence-electron chi connectivity index (χ2n) is 8.91. The summed E-state index contributed by atoms with van der Waals surface area (Å²) in [5.74, 6) is 1.15. The summed E-state index contributed by atoms with van der Waals surface area (Å²) >= 11 is 0. The van der Waals surface area contributed by atoms with Gasteiger partial charge in [0.15, 0.2) is 0 Å². The van der Waals surface area contributed by atoms with Crippen LogP contribution in [0.2, 0.25) is 0 Å². The van der Waals surface area contributed by atoms with E-state index >= 15 is 0 Å². The van der Waals surface area contributed by atoms with Gasteiger partial charge < -0.3 is 25.0 Å². The van der Waals surface area contributed by atoms with Crippen molar-refractivity contribution in [3.05, 3.63) is 65.7 Å². The summed E-state index contributed by atoms with van der Waals surface area (Å²) in [6.45, 7) is 7.96. The van der Waals surface area contributed by atoms with Crippen molar-refractivity contribution in [1.29, 1.82) is 10.8 Å². The third-order valence-electron chi connectivity index (χ3n) is 6.29. The lowest BCUT2D eigenvalue weighted by molar-refractivity contribution is -0.144. The number of carbonyl (C=O) groups is 1. The Bertz CT molecular complexity index is 1070. The van der Waals surface area contributed by atoms with Crippen molar-refractivity contribution >= 4 is 29.4 Å². The second kappa shape index (κ2) is 12.8. The van der Waals surface area contributed by atoms with Gasteiger partial charge in [-0.25, -0.2) is 4.79 Å². The van der Waals surface area contributed by atoms with Crippen molar-refractivity contribution in [2.24, 2.45) is 5.73 Å². The maximum absolute atomic E-state index is 12.5. The molecule has 1 heterocycles. The first-order chi connectivity index (χ1) is 17.3. The van der Waals surface area contributed by atoms with Gasteiger partial charge in [0.1, 0.15) is 23.7 Å². The molecule has 2 aromatic carbocycles. The van der Waals surface area contributed by atoms with Crippen LogP contribution >= 0.6 is 0 Å². The molecule has 0 radical (unpaired) electrons. The van der Waals surface area contributed by atoms with Gasteiger partial charge in [-0.2, -0.15) is 0 Å². The van der Waals surface area contributed by atoms with E-state index in [9.17, 15) is 4.79 Å². The predicted octanol–water partition coefficient (Wildman–Crippen LogP) is 4.28. The highest BCUT2D eigenvalue weighted by molar-refractivity contribution is 5.95. The lowest BCUT2D eigenvalue weighted by Crippen LogP contribution is -2.40. The molecule has 1 fully saturated rings. The van der Waals surface area contributed by atoms with Crippen molar-refractivity contribution in [2.75, 3.05) is 31.1 Å². The lowest BCUT2D eigenvalue weighted by Gasteiger charge is -2.33. The standard InChI is InChI=1S/C28H37N5O3/c1-4-35-28(34)20(2)33(16-6-8-22-7-5-9-23(19-22)27(30)31)24-10-12-25(13-11-24)36-26-14-17-32(18-15-26)21(3)29/h5-13,19-20,26,29H,4,14-18H2,1-3H3,(H3,30,31)/b8-6+,29-21?. The van der Waals surface area contributed by atoms with E-state index in [0.29, 0.717) is 24.6 Å². The lowest BCUT2D eigenvalue weighted by atomic mass is 10.1. The number of hydrogen-bond donors (Lipinski definition) is 3. The van der Waals surface area contributed by atoms with Crippen molar-refractivity contribution in [1.82, 2.24) is 4.90 Å². The number of piperidine rings is 1. The molecule has 1 unspecified atom stereocenters. The van der Waals surface area contributed by atoms with Crippen LogP contribution in [0.1, 0.15) is 44.7 Å². The summed E-state index contributed by atoms with van der Waals surface area (Å²) in [6, 6.07) is 14.8. The van der Waals surface area contributed by atoms with Crippen molar-refractivity contribution in [2.45, 2.75) is 45.8 Å². The fourth-order valence-corrected chi connectivity index (χ4v) is 4.21. The molecule has 0 amide bonds. The minimum atomic E-state index is -0.474. The van der Waals surface area contributed by atoms with Crippen LogP contribution < -0.4 is 15.4 Å². The van der Waals surface area contributed by atoms with E-state index in [4.69, 9.17) is 26.0 Å². The highest BCUT2D eigenvalue weighted by Gasteiger charge is 2.23. The van der Waals surface area contributed by atoms with Crippen LogP contribution in [0.4, 0.5) is 5.69 Å². The smallest absolute Gasteiger partial charge is 0.328 e. The zero-order valence-corrected chi connectivity index (χ0v) is 21.4. The van der Waals surface area contributed by atoms with Crippen LogP contribution in [0.15, 0.2) is 54.6 Å². The molecule has 0 saturated carbocycles. The molecule has 2 aromatic rings. The van der Waals surface area contributed by atoms with Crippen LogP contribution in [-0.2, 0) is 9.53 Å². The summed E-state index contributed by atoms with van der Waals surface area (Å²) in [7, 11) is 0. The van der Waals surface area contributed by atoms with E-state index in [1.54, 1.807) is 13.0 Å². The molecule has 0 spiro atoms. The topological polar surface area (TPSA) is 116 Å². The average molecular weight is 492 g/mol. The average Bonchev–Trinajstić information content (AvgIpc) is 2.87. The van der Waals surface area contributed by atoms with Gasteiger partial charge in [-0.15, -0.1) is 0 Å².